The fourth-order valence-electron chi connectivity index (χ4n) is 1.55. The van der Waals surface area contributed by atoms with Crippen LogP contribution in [0.2, 0.25) is 0 Å². The molecule has 0 saturated carbocycles. The third-order valence-electron chi connectivity index (χ3n) is 2.46. The highest BCUT2D eigenvalue weighted by Crippen LogP contribution is 2.21. The van der Waals surface area contributed by atoms with Crippen molar-refractivity contribution >= 4 is 10.8 Å². The van der Waals surface area contributed by atoms with Gasteiger partial charge in [-0.15, -0.1) is 0 Å². The van der Waals surface area contributed by atoms with Crippen molar-refractivity contribution in [2.24, 2.45) is 0 Å². The zero-order chi connectivity index (χ0) is 13.0. The summed E-state index contributed by atoms with van der Waals surface area (Å²) in [6.07, 6.45) is 5.00. The van der Waals surface area contributed by atoms with Crippen LogP contribution in [-0.4, -0.2) is 19.9 Å². The van der Waals surface area contributed by atoms with Crippen LogP contribution in [0, 0.1) is 11.3 Å². The second-order valence-corrected chi connectivity index (χ2v) is 5.21. The molecule has 0 aliphatic heterocycles. The molecule has 1 unspecified atom stereocenters. The van der Waals surface area contributed by atoms with Crippen molar-refractivity contribution in [3.8, 4) is 17.2 Å². The van der Waals surface area contributed by atoms with Crippen LogP contribution in [0.4, 0.5) is 0 Å². The van der Waals surface area contributed by atoms with E-state index in [1.165, 1.54) is 0 Å². The monoisotopic (exact) mass is 257 g/mol. The van der Waals surface area contributed by atoms with E-state index in [0.717, 1.165) is 11.1 Å². The van der Waals surface area contributed by atoms with Crippen molar-refractivity contribution in [3.05, 3.63) is 42.4 Å². The van der Waals surface area contributed by atoms with E-state index >= 15 is 0 Å². The summed E-state index contributed by atoms with van der Waals surface area (Å²) in [5, 5.41) is 9.46. The third-order valence-corrected chi connectivity index (χ3v) is 3.74. The maximum atomic E-state index is 11.7. The summed E-state index contributed by atoms with van der Waals surface area (Å²) in [4.78, 5) is 8.09. The molecule has 0 aliphatic carbocycles. The number of aromatic nitrogens is 2. The largest absolute Gasteiger partial charge is 0.265 e. The van der Waals surface area contributed by atoms with Gasteiger partial charge in [0.15, 0.2) is 0 Å². The lowest BCUT2D eigenvalue weighted by Crippen LogP contribution is -2.01. The highest BCUT2D eigenvalue weighted by Gasteiger charge is 2.11. The average molecular weight is 257 g/mol. The Morgan fingerprint density at radius 2 is 2.06 bits per heavy atom. The lowest BCUT2D eigenvalue weighted by Gasteiger charge is -2.05. The van der Waals surface area contributed by atoms with Crippen LogP contribution in [0.5, 0.6) is 0 Å². The summed E-state index contributed by atoms with van der Waals surface area (Å²) >= 11 is 0. The van der Waals surface area contributed by atoms with Crippen LogP contribution < -0.4 is 0 Å². The molecule has 5 heteroatoms. The van der Waals surface area contributed by atoms with E-state index in [0.29, 0.717) is 16.3 Å². The predicted molar refractivity (Wildman–Crippen MR) is 69.1 cm³/mol. The van der Waals surface area contributed by atoms with Gasteiger partial charge >= 0.3 is 0 Å². The van der Waals surface area contributed by atoms with E-state index in [4.69, 9.17) is 5.26 Å². The predicted octanol–water partition coefficient (Wildman–Crippen LogP) is 2.14. The van der Waals surface area contributed by atoms with Crippen LogP contribution in [0.1, 0.15) is 12.5 Å². The molecule has 0 bridgehead atoms. The molecule has 0 aromatic carbocycles. The van der Waals surface area contributed by atoms with E-state index in [1.54, 1.807) is 31.6 Å². The third kappa shape index (κ3) is 2.44. The van der Waals surface area contributed by atoms with E-state index in [1.807, 2.05) is 18.2 Å². The van der Waals surface area contributed by atoms with Gasteiger partial charge in [-0.3, -0.25) is 9.19 Å². The van der Waals surface area contributed by atoms with Crippen molar-refractivity contribution in [1.82, 2.24) is 9.97 Å². The molecule has 18 heavy (non-hydrogen) atoms. The molecule has 2 rings (SSSR count). The van der Waals surface area contributed by atoms with Gasteiger partial charge in [0.2, 0.25) is 0 Å². The summed E-state index contributed by atoms with van der Waals surface area (Å²) in [6.45, 7) is 1.80. The lowest BCUT2D eigenvalue weighted by molar-refractivity contribution is 0.681. The van der Waals surface area contributed by atoms with Gasteiger partial charge in [-0.1, -0.05) is 6.92 Å². The topological polar surface area (TPSA) is 66.6 Å². The van der Waals surface area contributed by atoms with Gasteiger partial charge in [0.1, 0.15) is 11.1 Å². The van der Waals surface area contributed by atoms with Gasteiger partial charge < -0.3 is 0 Å². The number of nitriles is 1. The molecular weight excluding hydrogens is 246 g/mol. The van der Waals surface area contributed by atoms with E-state index in [2.05, 4.69) is 9.97 Å². The van der Waals surface area contributed by atoms with Gasteiger partial charge in [0, 0.05) is 29.9 Å². The molecule has 2 aromatic heterocycles. The normalized spacial score (nSPS) is 11.8. The van der Waals surface area contributed by atoms with Gasteiger partial charge in [0.25, 0.3) is 0 Å². The Morgan fingerprint density at radius 3 is 2.67 bits per heavy atom. The molecule has 2 heterocycles. The van der Waals surface area contributed by atoms with Crippen molar-refractivity contribution in [2.45, 2.75) is 11.9 Å². The molecule has 0 aliphatic rings. The number of hydrogen-bond acceptors (Lipinski definition) is 4. The lowest BCUT2D eigenvalue weighted by atomic mass is 10.1. The number of rotatable bonds is 3. The summed E-state index contributed by atoms with van der Waals surface area (Å²) in [6, 6.07) is 7.45. The van der Waals surface area contributed by atoms with Crippen LogP contribution in [0.25, 0.3) is 11.1 Å². The minimum Gasteiger partial charge on any atom is -0.265 e. The van der Waals surface area contributed by atoms with Crippen LogP contribution in [0.3, 0.4) is 0 Å². The average Bonchev–Trinajstić information content (AvgIpc) is 2.46. The fourth-order valence-corrected chi connectivity index (χ4v) is 2.35. The first-order chi connectivity index (χ1) is 8.76. The molecule has 0 N–H and O–H groups in total. The summed E-state index contributed by atoms with van der Waals surface area (Å²) in [5.74, 6) is 0.455. The van der Waals surface area contributed by atoms with Crippen molar-refractivity contribution in [2.75, 3.05) is 5.75 Å². The quantitative estimate of drug-likeness (QED) is 0.845. The molecule has 0 amide bonds. The Kier molecular flexibility index (Phi) is 3.80. The molecule has 0 spiro atoms. The molecule has 2 aromatic rings. The first-order valence-corrected chi connectivity index (χ1v) is 6.77. The van der Waals surface area contributed by atoms with E-state index in [9.17, 15) is 4.21 Å². The van der Waals surface area contributed by atoms with E-state index in [-0.39, 0.29) is 0 Å². The maximum absolute atomic E-state index is 11.7. The summed E-state index contributed by atoms with van der Waals surface area (Å²) < 4.78 is 11.7. The minimum absolute atomic E-state index is 0.359. The van der Waals surface area contributed by atoms with Gasteiger partial charge in [-0.25, -0.2) is 4.98 Å². The van der Waals surface area contributed by atoms with Crippen molar-refractivity contribution in [3.63, 3.8) is 0 Å². The molecule has 0 radical (unpaired) electrons. The second-order valence-electron chi connectivity index (χ2n) is 3.56. The zero-order valence-corrected chi connectivity index (χ0v) is 10.6. The highest BCUT2D eigenvalue weighted by atomic mass is 32.2. The first-order valence-electron chi connectivity index (χ1n) is 5.45. The standard InChI is InChI=1S/C13H11N3OS/c1-2-18(17)13-11(8-14)7-12(9-16-13)10-3-5-15-6-4-10/h3-7,9H,2H2,1H3. The van der Waals surface area contributed by atoms with Gasteiger partial charge in [0.05, 0.1) is 16.4 Å². The smallest absolute Gasteiger partial charge is 0.144 e. The van der Waals surface area contributed by atoms with Crippen LogP contribution in [0.15, 0.2) is 41.8 Å². The molecule has 4 nitrogen and oxygen atoms in total. The van der Waals surface area contributed by atoms with Crippen molar-refractivity contribution < 1.29 is 4.21 Å². The van der Waals surface area contributed by atoms with Gasteiger partial charge in [-0.2, -0.15) is 5.26 Å². The van der Waals surface area contributed by atoms with Crippen LogP contribution >= 0.6 is 0 Å². The second kappa shape index (κ2) is 5.52. The fraction of sp³-hybridized carbons (Fsp3) is 0.154. The molecule has 0 saturated heterocycles. The molecular formula is C13H11N3OS. The number of pyridine rings is 2. The SMILES string of the molecule is CCS(=O)c1ncc(-c2ccncc2)cc1C#N. The Morgan fingerprint density at radius 1 is 1.33 bits per heavy atom. The van der Waals surface area contributed by atoms with Crippen molar-refractivity contribution in [1.29, 1.82) is 5.26 Å². The Balaban J connectivity index is 2.50. The minimum atomic E-state index is -1.21. The Labute approximate surface area is 108 Å². The highest BCUT2D eigenvalue weighted by molar-refractivity contribution is 7.85. The zero-order valence-electron chi connectivity index (χ0n) is 9.83. The Hall–Kier alpha value is -2.06. The van der Waals surface area contributed by atoms with Gasteiger partial charge in [-0.05, 0) is 23.8 Å². The molecule has 90 valence electrons. The first kappa shape index (κ1) is 12.4. The van der Waals surface area contributed by atoms with E-state index < -0.39 is 10.8 Å². The number of hydrogen-bond donors (Lipinski definition) is 0. The number of nitrogens with zero attached hydrogens (tertiary/aromatic N) is 3. The summed E-state index contributed by atoms with van der Waals surface area (Å²) in [5.41, 5.74) is 2.12. The Bertz CT molecular complexity index is 620. The summed E-state index contributed by atoms with van der Waals surface area (Å²) in [7, 11) is -1.21. The maximum Gasteiger partial charge on any atom is 0.144 e. The van der Waals surface area contributed by atoms with Crippen LogP contribution in [-0.2, 0) is 10.8 Å². The molecule has 0 fully saturated rings. The molecule has 1 atom stereocenters.